The van der Waals surface area contributed by atoms with Crippen LogP contribution in [-0.2, 0) is 4.79 Å². The van der Waals surface area contributed by atoms with Crippen molar-refractivity contribution in [3.05, 3.63) is 0 Å². The lowest BCUT2D eigenvalue weighted by Crippen LogP contribution is -2.73. The van der Waals surface area contributed by atoms with E-state index in [1.54, 1.807) is 0 Å². The van der Waals surface area contributed by atoms with E-state index in [2.05, 4.69) is 5.73 Å². The average molecular weight is 137 g/mol. The van der Waals surface area contributed by atoms with Crippen LogP contribution in [0.1, 0.15) is 0 Å². The predicted molar refractivity (Wildman–Crippen MR) is 23.7 cm³/mol. The molecule has 0 radical (unpaired) electrons. The van der Waals surface area contributed by atoms with E-state index >= 15 is 0 Å². The lowest BCUT2D eigenvalue weighted by atomic mass is 10.2. The van der Waals surface area contributed by atoms with Gasteiger partial charge in [-0.15, -0.1) is 0 Å². The molecule has 0 fully saturated rings. The van der Waals surface area contributed by atoms with Gasteiger partial charge in [0.25, 0.3) is 0 Å². The maximum atomic E-state index is 11.4. The highest BCUT2D eigenvalue weighted by Crippen LogP contribution is 1.86. The van der Waals surface area contributed by atoms with Crippen molar-refractivity contribution in [2.45, 2.75) is 12.1 Å². The molecule has 0 heterocycles. The molecule has 0 spiro atoms. The highest BCUT2D eigenvalue weighted by Gasteiger charge is 2.18. The SMILES string of the molecule is [NH3+][C@H](C(=O)[O-])[C@H](O)CF. The summed E-state index contributed by atoms with van der Waals surface area (Å²) in [6, 6.07) is -1.38. The summed E-state index contributed by atoms with van der Waals surface area (Å²) in [5.41, 5.74) is 2.96. The third-order valence-electron chi connectivity index (χ3n) is 0.925. The van der Waals surface area contributed by atoms with Crippen molar-refractivity contribution < 1.29 is 25.1 Å². The molecule has 0 bridgehead atoms. The molecule has 54 valence electrons. The van der Waals surface area contributed by atoms with Gasteiger partial charge in [0.05, 0.1) is 0 Å². The maximum Gasteiger partial charge on any atom is 0.153 e. The van der Waals surface area contributed by atoms with E-state index in [1.165, 1.54) is 0 Å². The number of aliphatic carboxylic acids is 1. The molecule has 0 aromatic carbocycles. The van der Waals surface area contributed by atoms with Crippen LogP contribution in [0.25, 0.3) is 0 Å². The van der Waals surface area contributed by atoms with E-state index in [1.807, 2.05) is 0 Å². The number of carboxylic acid groups (broad SMARTS) is 1. The van der Waals surface area contributed by atoms with Gasteiger partial charge in [-0.25, -0.2) is 4.39 Å². The number of quaternary nitrogens is 1. The quantitative estimate of drug-likeness (QED) is 0.426. The van der Waals surface area contributed by atoms with Crippen LogP contribution in [0.4, 0.5) is 4.39 Å². The molecule has 0 aromatic heterocycles. The fraction of sp³-hybridized carbons (Fsp3) is 0.750. The molecule has 0 aliphatic heterocycles. The minimum absolute atomic E-state index is 1.11. The average Bonchev–Trinajstić information content (AvgIpc) is 1.84. The summed E-state index contributed by atoms with van der Waals surface area (Å²) in [4.78, 5) is 9.80. The van der Waals surface area contributed by atoms with Gasteiger partial charge in [-0.1, -0.05) is 0 Å². The molecule has 0 amide bonds. The van der Waals surface area contributed by atoms with Crippen molar-refractivity contribution in [3.8, 4) is 0 Å². The van der Waals surface area contributed by atoms with Gasteiger partial charge in [0.2, 0.25) is 0 Å². The second kappa shape index (κ2) is 3.37. The number of hydrogen-bond acceptors (Lipinski definition) is 3. The van der Waals surface area contributed by atoms with E-state index in [4.69, 9.17) is 5.11 Å². The Bertz CT molecular complexity index is 108. The number of carbonyl (C=O) groups is 1. The van der Waals surface area contributed by atoms with Crippen LogP contribution >= 0.6 is 0 Å². The second-order valence-corrected chi connectivity index (χ2v) is 1.65. The first-order valence-corrected chi connectivity index (χ1v) is 2.37. The molecule has 0 rings (SSSR count). The Hall–Kier alpha value is -0.680. The Kier molecular flexibility index (Phi) is 3.11. The summed E-state index contributed by atoms with van der Waals surface area (Å²) in [5.74, 6) is -1.54. The Morgan fingerprint density at radius 3 is 2.44 bits per heavy atom. The molecule has 2 atom stereocenters. The summed E-state index contributed by atoms with van der Waals surface area (Å²) < 4.78 is 11.4. The normalized spacial score (nSPS) is 16.8. The van der Waals surface area contributed by atoms with E-state index in [0.717, 1.165) is 0 Å². The van der Waals surface area contributed by atoms with Gasteiger partial charge in [-0.05, 0) is 0 Å². The molecule has 0 saturated carbocycles. The number of aliphatic hydroxyl groups is 1. The van der Waals surface area contributed by atoms with Crippen molar-refractivity contribution >= 4 is 5.97 Å². The standard InChI is InChI=1S/C4H8FNO3/c5-1-2(7)3(6)4(8)9/h2-3,7H,1,6H2,(H,8,9)/t2-,3+/m1/s1. The molecule has 0 aliphatic carbocycles. The van der Waals surface area contributed by atoms with E-state index in [9.17, 15) is 14.3 Å². The first-order valence-electron chi connectivity index (χ1n) is 2.37. The molecular formula is C4H8FNO3. The molecule has 9 heavy (non-hydrogen) atoms. The highest BCUT2D eigenvalue weighted by atomic mass is 19.1. The number of carboxylic acids is 1. The van der Waals surface area contributed by atoms with Gasteiger partial charge in [0.15, 0.2) is 6.04 Å². The van der Waals surface area contributed by atoms with Crippen LogP contribution in [-0.4, -0.2) is 29.9 Å². The number of carbonyl (C=O) groups excluding carboxylic acids is 1. The highest BCUT2D eigenvalue weighted by molar-refractivity contribution is 5.69. The summed E-state index contributed by atoms with van der Waals surface area (Å²) in [7, 11) is 0. The van der Waals surface area contributed by atoms with Crippen molar-refractivity contribution in [1.29, 1.82) is 0 Å². The predicted octanol–water partition coefficient (Wildman–Crippen LogP) is -3.32. The molecule has 4 N–H and O–H groups in total. The van der Waals surface area contributed by atoms with Gasteiger partial charge in [0, 0.05) is 0 Å². The lowest BCUT2D eigenvalue weighted by molar-refractivity contribution is -0.451. The van der Waals surface area contributed by atoms with Crippen molar-refractivity contribution in [1.82, 2.24) is 0 Å². The minimum atomic E-state index is -1.55. The van der Waals surface area contributed by atoms with Crippen LogP contribution in [0.15, 0.2) is 0 Å². The molecule has 0 aromatic rings. The van der Waals surface area contributed by atoms with Crippen molar-refractivity contribution in [3.63, 3.8) is 0 Å². The topological polar surface area (TPSA) is 88.0 Å². The maximum absolute atomic E-state index is 11.4. The number of halogens is 1. The van der Waals surface area contributed by atoms with Crippen LogP contribution in [0.3, 0.4) is 0 Å². The largest absolute Gasteiger partial charge is 0.544 e. The van der Waals surface area contributed by atoms with Gasteiger partial charge in [-0.3, -0.25) is 0 Å². The minimum Gasteiger partial charge on any atom is -0.544 e. The monoisotopic (exact) mass is 137 g/mol. The number of aliphatic hydroxyl groups excluding tert-OH is 1. The van der Waals surface area contributed by atoms with Crippen molar-refractivity contribution in [2.24, 2.45) is 0 Å². The number of rotatable bonds is 3. The molecule has 4 nitrogen and oxygen atoms in total. The molecule has 0 saturated heterocycles. The van der Waals surface area contributed by atoms with Gasteiger partial charge in [0.1, 0.15) is 18.7 Å². The molecule has 0 unspecified atom stereocenters. The third kappa shape index (κ3) is 2.39. The Morgan fingerprint density at radius 2 is 2.33 bits per heavy atom. The zero-order valence-electron chi connectivity index (χ0n) is 4.71. The van der Waals surface area contributed by atoms with Gasteiger partial charge < -0.3 is 20.7 Å². The second-order valence-electron chi connectivity index (χ2n) is 1.65. The van der Waals surface area contributed by atoms with Crippen LogP contribution in [0.5, 0.6) is 0 Å². The first kappa shape index (κ1) is 8.32. The zero-order chi connectivity index (χ0) is 7.44. The summed E-state index contributed by atoms with van der Waals surface area (Å²) >= 11 is 0. The van der Waals surface area contributed by atoms with Gasteiger partial charge in [-0.2, -0.15) is 0 Å². The third-order valence-corrected chi connectivity index (χ3v) is 0.925. The Balaban J connectivity index is 3.72. The lowest BCUT2D eigenvalue weighted by Gasteiger charge is -2.12. The summed E-state index contributed by atoms with van der Waals surface area (Å²) in [6.07, 6.45) is -1.55. The molecular weight excluding hydrogens is 129 g/mol. The zero-order valence-corrected chi connectivity index (χ0v) is 4.71. The van der Waals surface area contributed by atoms with Crippen molar-refractivity contribution in [2.75, 3.05) is 6.67 Å². The van der Waals surface area contributed by atoms with Crippen LogP contribution in [0.2, 0.25) is 0 Å². The smallest absolute Gasteiger partial charge is 0.153 e. The van der Waals surface area contributed by atoms with Gasteiger partial charge >= 0.3 is 0 Å². The fourth-order valence-electron chi connectivity index (χ4n) is 0.265. The fourth-order valence-corrected chi connectivity index (χ4v) is 0.265. The summed E-state index contributed by atoms with van der Waals surface area (Å²) in [5, 5.41) is 18.2. The van der Waals surface area contributed by atoms with E-state index in [0.29, 0.717) is 0 Å². The van der Waals surface area contributed by atoms with E-state index < -0.39 is 24.8 Å². The first-order chi connectivity index (χ1) is 4.09. The van der Waals surface area contributed by atoms with Crippen LogP contribution in [0, 0.1) is 0 Å². The van der Waals surface area contributed by atoms with Crippen LogP contribution < -0.4 is 10.8 Å². The number of hydrogen-bond donors (Lipinski definition) is 2. The number of alkyl halides is 1. The Morgan fingerprint density at radius 1 is 1.89 bits per heavy atom. The Labute approximate surface area is 51.1 Å². The summed E-state index contributed by atoms with van der Waals surface area (Å²) in [6.45, 7) is -1.11. The molecule has 5 heteroatoms. The molecule has 0 aliphatic rings. The van der Waals surface area contributed by atoms with E-state index in [-0.39, 0.29) is 0 Å².